The number of aryl methyl sites for hydroxylation is 2. The molecule has 4 nitrogen and oxygen atoms in total. The molecule has 1 amide bonds. The van der Waals surface area contributed by atoms with Crippen LogP contribution in [0.15, 0.2) is 42.5 Å². The number of hydrogen-bond donors (Lipinski definition) is 2. The second-order valence-corrected chi connectivity index (χ2v) is 5.60. The molecule has 25 heavy (non-hydrogen) atoms. The first-order chi connectivity index (χ1) is 11.4. The maximum atomic E-state index is 12.5. The molecule has 2 rings (SSSR count). The van der Waals surface area contributed by atoms with Gasteiger partial charge in [-0.2, -0.15) is 8.78 Å². The molecule has 1 unspecified atom stereocenters. The van der Waals surface area contributed by atoms with E-state index in [0.717, 1.165) is 11.1 Å². The molecule has 7 heteroatoms. The van der Waals surface area contributed by atoms with Crippen molar-refractivity contribution in [3.8, 4) is 5.75 Å². The van der Waals surface area contributed by atoms with Crippen molar-refractivity contribution in [3.63, 3.8) is 0 Å². The van der Waals surface area contributed by atoms with Crippen molar-refractivity contribution in [2.75, 3.05) is 0 Å². The molecule has 0 bridgehead atoms. The molecule has 0 radical (unpaired) electrons. The molecule has 2 aromatic carbocycles. The smallest absolute Gasteiger partial charge is 0.387 e. The second kappa shape index (κ2) is 9.34. The zero-order chi connectivity index (χ0) is 17.7. The minimum absolute atomic E-state index is 0. The van der Waals surface area contributed by atoms with E-state index in [9.17, 15) is 13.6 Å². The third-order valence-corrected chi connectivity index (χ3v) is 3.60. The number of nitrogens with two attached hydrogens (primary N) is 1. The minimum atomic E-state index is -2.92. The van der Waals surface area contributed by atoms with Crippen LogP contribution in [0.4, 0.5) is 8.78 Å². The lowest BCUT2D eigenvalue weighted by atomic mass is 10.0. The second-order valence-electron chi connectivity index (χ2n) is 5.60. The van der Waals surface area contributed by atoms with Gasteiger partial charge in [-0.05, 0) is 25.5 Å². The lowest BCUT2D eigenvalue weighted by Crippen LogP contribution is -2.33. The van der Waals surface area contributed by atoms with Crippen molar-refractivity contribution in [1.29, 1.82) is 0 Å². The number of carbonyl (C=O) groups excluding carboxylic acids is 1. The van der Waals surface area contributed by atoms with Crippen molar-refractivity contribution in [2.24, 2.45) is 5.73 Å². The third-order valence-electron chi connectivity index (χ3n) is 3.60. The highest BCUT2D eigenvalue weighted by molar-refractivity contribution is 5.85. The van der Waals surface area contributed by atoms with E-state index in [0.29, 0.717) is 11.1 Å². The zero-order valence-corrected chi connectivity index (χ0v) is 14.8. The number of amides is 1. The summed E-state index contributed by atoms with van der Waals surface area (Å²) in [6.07, 6.45) is 0. The van der Waals surface area contributed by atoms with E-state index in [-0.39, 0.29) is 30.6 Å². The summed E-state index contributed by atoms with van der Waals surface area (Å²) in [5.41, 5.74) is 9.04. The van der Waals surface area contributed by atoms with Crippen LogP contribution in [0.3, 0.4) is 0 Å². The summed E-state index contributed by atoms with van der Waals surface area (Å²) in [5, 5.41) is 2.66. The van der Waals surface area contributed by atoms with Crippen LogP contribution in [0, 0.1) is 13.8 Å². The van der Waals surface area contributed by atoms with Crippen molar-refractivity contribution in [1.82, 2.24) is 5.32 Å². The van der Waals surface area contributed by atoms with E-state index in [1.165, 1.54) is 6.07 Å². The molecule has 0 aliphatic carbocycles. The number of halogens is 3. The van der Waals surface area contributed by atoms with E-state index in [1.54, 1.807) is 24.3 Å². The number of benzene rings is 2. The van der Waals surface area contributed by atoms with Crippen molar-refractivity contribution >= 4 is 18.3 Å². The number of alkyl halides is 2. The molecule has 0 aromatic heterocycles. The summed E-state index contributed by atoms with van der Waals surface area (Å²) in [7, 11) is 0. The summed E-state index contributed by atoms with van der Waals surface area (Å²) in [6, 6.07) is 11.3. The van der Waals surface area contributed by atoms with Gasteiger partial charge in [-0.1, -0.05) is 47.5 Å². The van der Waals surface area contributed by atoms with Gasteiger partial charge < -0.3 is 15.8 Å². The molecule has 0 fully saturated rings. The van der Waals surface area contributed by atoms with Crippen molar-refractivity contribution < 1.29 is 18.3 Å². The number of carbonyl (C=O) groups is 1. The Kier molecular flexibility index (Phi) is 7.80. The Bertz CT molecular complexity index is 709. The topological polar surface area (TPSA) is 64.4 Å². The van der Waals surface area contributed by atoms with Gasteiger partial charge in [0.15, 0.2) is 0 Å². The highest BCUT2D eigenvalue weighted by Crippen LogP contribution is 2.22. The van der Waals surface area contributed by atoms with Crippen LogP contribution in [-0.2, 0) is 11.3 Å². The van der Waals surface area contributed by atoms with Crippen LogP contribution in [-0.4, -0.2) is 12.5 Å². The van der Waals surface area contributed by atoms with E-state index in [4.69, 9.17) is 5.73 Å². The number of hydrogen-bond acceptors (Lipinski definition) is 3. The fourth-order valence-electron chi connectivity index (χ4n) is 2.27. The lowest BCUT2D eigenvalue weighted by Gasteiger charge is -2.15. The molecule has 0 heterocycles. The molecular formula is C18H21ClF2N2O2. The predicted octanol–water partition coefficient (Wildman–Crippen LogP) is 3.64. The molecular weight excluding hydrogens is 350 g/mol. The number of ether oxygens (including phenoxy) is 1. The average Bonchev–Trinajstić information content (AvgIpc) is 2.54. The van der Waals surface area contributed by atoms with E-state index in [2.05, 4.69) is 10.1 Å². The predicted molar refractivity (Wildman–Crippen MR) is 95.0 cm³/mol. The fourth-order valence-corrected chi connectivity index (χ4v) is 2.27. The number of rotatable bonds is 6. The maximum absolute atomic E-state index is 12.5. The van der Waals surface area contributed by atoms with Crippen LogP contribution < -0.4 is 15.8 Å². The quantitative estimate of drug-likeness (QED) is 0.815. The molecule has 3 N–H and O–H groups in total. The van der Waals surface area contributed by atoms with E-state index in [1.807, 2.05) is 26.0 Å². The zero-order valence-electron chi connectivity index (χ0n) is 14.0. The van der Waals surface area contributed by atoms with Gasteiger partial charge in [0.2, 0.25) is 5.91 Å². The molecule has 0 spiro atoms. The lowest BCUT2D eigenvalue weighted by molar-refractivity contribution is -0.122. The van der Waals surface area contributed by atoms with Crippen molar-refractivity contribution in [2.45, 2.75) is 33.0 Å². The Labute approximate surface area is 151 Å². The van der Waals surface area contributed by atoms with E-state index >= 15 is 0 Å². The SMILES string of the molecule is Cc1ccc(C(N)C(=O)NCc2cc(C)ccc2OC(F)F)cc1.Cl. The summed E-state index contributed by atoms with van der Waals surface area (Å²) in [4.78, 5) is 12.2. The Hall–Kier alpha value is -2.18. The van der Waals surface area contributed by atoms with Gasteiger partial charge in [0.05, 0.1) is 0 Å². The van der Waals surface area contributed by atoms with Crippen molar-refractivity contribution in [3.05, 3.63) is 64.7 Å². The summed E-state index contributed by atoms with van der Waals surface area (Å²) in [6.45, 7) is 0.909. The van der Waals surface area contributed by atoms with Gasteiger partial charge in [0.1, 0.15) is 11.8 Å². The molecule has 1 atom stereocenters. The molecule has 136 valence electrons. The maximum Gasteiger partial charge on any atom is 0.387 e. The Balaban J connectivity index is 0.00000312. The third kappa shape index (κ3) is 5.99. The van der Waals surface area contributed by atoms with Crippen LogP contribution in [0.5, 0.6) is 5.75 Å². The average molecular weight is 371 g/mol. The monoisotopic (exact) mass is 370 g/mol. The molecule has 0 aliphatic heterocycles. The first kappa shape index (κ1) is 20.9. The van der Waals surface area contributed by atoms with Gasteiger partial charge in [-0.15, -0.1) is 12.4 Å². The molecule has 0 saturated heterocycles. The highest BCUT2D eigenvalue weighted by atomic mass is 35.5. The van der Waals surface area contributed by atoms with Gasteiger partial charge in [0, 0.05) is 12.1 Å². The summed E-state index contributed by atoms with van der Waals surface area (Å²) < 4.78 is 29.4. The van der Waals surface area contributed by atoms with Gasteiger partial charge in [0.25, 0.3) is 0 Å². The summed E-state index contributed by atoms with van der Waals surface area (Å²) >= 11 is 0. The van der Waals surface area contributed by atoms with Gasteiger partial charge in [-0.25, -0.2) is 0 Å². The Morgan fingerprint density at radius 3 is 2.32 bits per heavy atom. The standard InChI is InChI=1S/C18H20F2N2O2.ClH/c1-11-3-6-13(7-4-11)16(21)17(23)22-10-14-9-12(2)5-8-15(14)24-18(19)20;/h3-9,16,18H,10,21H2,1-2H3,(H,22,23);1H. The molecule has 0 aliphatic rings. The fraction of sp³-hybridized carbons (Fsp3) is 0.278. The van der Waals surface area contributed by atoms with Gasteiger partial charge >= 0.3 is 6.61 Å². The van der Waals surface area contributed by atoms with Crippen LogP contribution in [0.25, 0.3) is 0 Å². The summed E-state index contributed by atoms with van der Waals surface area (Å²) in [5.74, 6) is -0.344. The number of nitrogens with one attached hydrogen (secondary N) is 1. The Morgan fingerprint density at radius 1 is 1.12 bits per heavy atom. The largest absolute Gasteiger partial charge is 0.434 e. The van der Waals surface area contributed by atoms with E-state index < -0.39 is 12.7 Å². The first-order valence-electron chi connectivity index (χ1n) is 7.51. The normalized spacial score (nSPS) is 11.6. The van der Waals surface area contributed by atoms with Crippen LogP contribution in [0.1, 0.15) is 28.3 Å². The minimum Gasteiger partial charge on any atom is -0.434 e. The van der Waals surface area contributed by atoms with Crippen LogP contribution >= 0.6 is 12.4 Å². The Morgan fingerprint density at radius 2 is 1.72 bits per heavy atom. The molecule has 0 saturated carbocycles. The first-order valence-corrected chi connectivity index (χ1v) is 7.51. The van der Waals surface area contributed by atoms with Crippen LogP contribution in [0.2, 0.25) is 0 Å². The van der Waals surface area contributed by atoms with Gasteiger partial charge in [-0.3, -0.25) is 4.79 Å². The molecule has 2 aromatic rings. The highest BCUT2D eigenvalue weighted by Gasteiger charge is 2.17.